The minimum absolute atomic E-state index is 0.398. The van der Waals surface area contributed by atoms with E-state index in [9.17, 15) is 4.79 Å². The predicted octanol–water partition coefficient (Wildman–Crippen LogP) is 6.11. The van der Waals surface area contributed by atoms with E-state index < -0.39 is 5.97 Å². The first kappa shape index (κ1) is 17.5. The smallest absolute Gasteiger partial charge is 0.343 e. The molecule has 0 heterocycles. The number of benzene rings is 3. The second-order valence-corrected chi connectivity index (χ2v) is 6.67. The third-order valence-corrected chi connectivity index (χ3v) is 4.35. The van der Waals surface area contributed by atoms with Crippen LogP contribution in [-0.4, -0.2) is 5.97 Å². The molecule has 126 valence electrons. The van der Waals surface area contributed by atoms with E-state index in [4.69, 9.17) is 27.9 Å². The maximum absolute atomic E-state index is 12.2. The Morgan fingerprint density at radius 2 is 1.40 bits per heavy atom. The summed E-state index contributed by atoms with van der Waals surface area (Å²) in [4.78, 5) is 12.2. The van der Waals surface area contributed by atoms with Crippen molar-refractivity contribution in [1.29, 1.82) is 0 Å². The number of ether oxygens (including phenoxy) is 1. The van der Waals surface area contributed by atoms with Crippen LogP contribution in [-0.2, 0) is 6.42 Å². The summed E-state index contributed by atoms with van der Waals surface area (Å²) in [6.45, 7) is 1.93. The van der Waals surface area contributed by atoms with Crippen LogP contribution in [0.4, 0.5) is 0 Å². The Labute approximate surface area is 157 Å². The summed E-state index contributed by atoms with van der Waals surface area (Å²) in [5.41, 5.74) is 3.70. The number of hydrogen-bond donors (Lipinski definition) is 0. The molecule has 0 aliphatic carbocycles. The quantitative estimate of drug-likeness (QED) is 0.408. The van der Waals surface area contributed by atoms with E-state index in [0.717, 1.165) is 22.6 Å². The van der Waals surface area contributed by atoms with Gasteiger partial charge in [0.05, 0.1) is 5.56 Å². The van der Waals surface area contributed by atoms with Crippen molar-refractivity contribution in [3.8, 4) is 5.75 Å². The average molecular weight is 371 g/mol. The Morgan fingerprint density at radius 3 is 2.00 bits per heavy atom. The summed E-state index contributed by atoms with van der Waals surface area (Å²) in [6.07, 6.45) is 0.795. The molecule has 0 amide bonds. The fourth-order valence-corrected chi connectivity index (χ4v) is 2.77. The van der Waals surface area contributed by atoms with Gasteiger partial charge >= 0.3 is 5.97 Å². The molecule has 0 saturated heterocycles. The van der Waals surface area contributed by atoms with E-state index >= 15 is 0 Å². The first-order valence-electron chi connectivity index (χ1n) is 7.83. The van der Waals surface area contributed by atoms with Crippen molar-refractivity contribution in [2.45, 2.75) is 13.3 Å². The first-order valence-corrected chi connectivity index (χ1v) is 8.58. The second kappa shape index (κ2) is 7.73. The summed E-state index contributed by atoms with van der Waals surface area (Å²) in [5, 5.41) is 1.31. The van der Waals surface area contributed by atoms with Crippen LogP contribution in [0.3, 0.4) is 0 Å². The van der Waals surface area contributed by atoms with Gasteiger partial charge in [-0.25, -0.2) is 4.79 Å². The highest BCUT2D eigenvalue weighted by molar-refractivity contribution is 6.30. The third-order valence-electron chi connectivity index (χ3n) is 3.84. The van der Waals surface area contributed by atoms with Crippen LogP contribution < -0.4 is 4.74 Å². The fraction of sp³-hybridized carbons (Fsp3) is 0.0952. The van der Waals surface area contributed by atoms with E-state index in [2.05, 4.69) is 0 Å². The molecular formula is C21H16Cl2O2. The molecule has 0 bridgehead atoms. The van der Waals surface area contributed by atoms with Gasteiger partial charge in [0.2, 0.25) is 0 Å². The molecule has 0 unspecified atom stereocenters. The maximum atomic E-state index is 12.2. The Kier molecular flexibility index (Phi) is 5.42. The van der Waals surface area contributed by atoms with Gasteiger partial charge in [0.15, 0.2) is 0 Å². The Balaban J connectivity index is 1.72. The molecule has 2 nitrogen and oxygen atoms in total. The zero-order chi connectivity index (χ0) is 17.8. The molecule has 3 rings (SSSR count). The summed E-state index contributed by atoms with van der Waals surface area (Å²) in [5.74, 6) is 0.157. The Hall–Kier alpha value is -2.29. The number of hydrogen-bond acceptors (Lipinski definition) is 2. The van der Waals surface area contributed by atoms with Crippen molar-refractivity contribution in [2.24, 2.45) is 0 Å². The molecule has 0 aromatic heterocycles. The topological polar surface area (TPSA) is 26.3 Å². The van der Waals surface area contributed by atoms with Crippen LogP contribution in [0.2, 0.25) is 10.0 Å². The van der Waals surface area contributed by atoms with Crippen molar-refractivity contribution in [3.63, 3.8) is 0 Å². The van der Waals surface area contributed by atoms with E-state index in [1.807, 2.05) is 49.4 Å². The lowest BCUT2D eigenvalue weighted by Crippen LogP contribution is -2.09. The molecule has 0 aliphatic rings. The molecule has 0 N–H and O–H groups in total. The number of rotatable bonds is 4. The molecule has 0 saturated carbocycles. The lowest BCUT2D eigenvalue weighted by molar-refractivity contribution is 0.0733. The monoisotopic (exact) mass is 370 g/mol. The van der Waals surface area contributed by atoms with Crippen molar-refractivity contribution >= 4 is 29.2 Å². The van der Waals surface area contributed by atoms with E-state index in [0.29, 0.717) is 16.3 Å². The fourth-order valence-electron chi connectivity index (χ4n) is 2.52. The minimum atomic E-state index is -0.398. The molecular weight excluding hydrogens is 355 g/mol. The van der Waals surface area contributed by atoms with Crippen LogP contribution in [0.15, 0.2) is 66.7 Å². The molecule has 3 aromatic rings. The molecule has 4 heteroatoms. The van der Waals surface area contributed by atoms with Gasteiger partial charge in [-0.2, -0.15) is 0 Å². The molecule has 0 fully saturated rings. The number of halogens is 2. The largest absolute Gasteiger partial charge is 0.423 e. The zero-order valence-corrected chi connectivity index (χ0v) is 15.1. The van der Waals surface area contributed by atoms with Crippen molar-refractivity contribution < 1.29 is 9.53 Å². The number of carbonyl (C=O) groups excluding carboxylic acids is 1. The standard InChI is InChI=1S/C21H16Cl2O2/c1-14-12-16(13-15-2-7-18(22)8-3-15)4-11-20(14)25-21(24)17-5-9-19(23)10-6-17/h2-12H,13H2,1H3. The van der Waals surface area contributed by atoms with E-state index in [1.165, 1.54) is 5.56 Å². The molecule has 0 atom stereocenters. The summed E-state index contributed by atoms with van der Waals surface area (Å²) >= 11 is 11.7. The van der Waals surface area contributed by atoms with Crippen LogP contribution in [0.1, 0.15) is 27.0 Å². The lowest BCUT2D eigenvalue weighted by Gasteiger charge is -2.10. The maximum Gasteiger partial charge on any atom is 0.343 e. The SMILES string of the molecule is Cc1cc(Cc2ccc(Cl)cc2)ccc1OC(=O)c1ccc(Cl)cc1. The molecule has 25 heavy (non-hydrogen) atoms. The summed E-state index contributed by atoms with van der Waals surface area (Å²) < 4.78 is 5.49. The van der Waals surface area contributed by atoms with Gasteiger partial charge in [-0.3, -0.25) is 0 Å². The highest BCUT2D eigenvalue weighted by Gasteiger charge is 2.11. The predicted molar refractivity (Wildman–Crippen MR) is 102 cm³/mol. The highest BCUT2D eigenvalue weighted by Crippen LogP contribution is 2.23. The number of aryl methyl sites for hydroxylation is 1. The first-order chi connectivity index (χ1) is 12.0. The third kappa shape index (κ3) is 4.62. The summed E-state index contributed by atoms with van der Waals surface area (Å²) in [7, 11) is 0. The van der Waals surface area contributed by atoms with E-state index in [-0.39, 0.29) is 0 Å². The molecule has 0 radical (unpaired) electrons. The van der Waals surface area contributed by atoms with Crippen LogP contribution in [0, 0.1) is 6.92 Å². The zero-order valence-electron chi connectivity index (χ0n) is 13.6. The number of esters is 1. The van der Waals surface area contributed by atoms with Gasteiger partial charge in [0, 0.05) is 10.0 Å². The molecule has 0 spiro atoms. The normalized spacial score (nSPS) is 10.5. The van der Waals surface area contributed by atoms with Gasteiger partial charge in [-0.15, -0.1) is 0 Å². The van der Waals surface area contributed by atoms with Gasteiger partial charge < -0.3 is 4.74 Å². The Bertz CT molecular complexity index is 885. The van der Waals surface area contributed by atoms with Crippen molar-refractivity contribution in [1.82, 2.24) is 0 Å². The van der Waals surface area contributed by atoms with Crippen molar-refractivity contribution in [2.75, 3.05) is 0 Å². The minimum Gasteiger partial charge on any atom is -0.423 e. The van der Waals surface area contributed by atoms with Gasteiger partial charge in [0.25, 0.3) is 0 Å². The second-order valence-electron chi connectivity index (χ2n) is 5.80. The lowest BCUT2D eigenvalue weighted by atomic mass is 10.0. The number of carbonyl (C=O) groups is 1. The van der Waals surface area contributed by atoms with Crippen LogP contribution >= 0.6 is 23.2 Å². The average Bonchev–Trinajstić information content (AvgIpc) is 2.60. The van der Waals surface area contributed by atoms with Crippen LogP contribution in [0.5, 0.6) is 5.75 Å². The van der Waals surface area contributed by atoms with Crippen molar-refractivity contribution in [3.05, 3.63) is 99.0 Å². The van der Waals surface area contributed by atoms with E-state index in [1.54, 1.807) is 24.3 Å². The highest BCUT2D eigenvalue weighted by atomic mass is 35.5. The summed E-state index contributed by atoms with van der Waals surface area (Å²) in [6, 6.07) is 20.2. The molecule has 0 aliphatic heterocycles. The molecule has 3 aromatic carbocycles. The van der Waals surface area contributed by atoms with Crippen LogP contribution in [0.25, 0.3) is 0 Å². The van der Waals surface area contributed by atoms with Gasteiger partial charge in [-0.1, -0.05) is 47.5 Å². The van der Waals surface area contributed by atoms with Gasteiger partial charge in [-0.05, 0) is 72.5 Å². The van der Waals surface area contributed by atoms with Gasteiger partial charge in [0.1, 0.15) is 5.75 Å². The Morgan fingerprint density at radius 1 is 0.840 bits per heavy atom.